The largest absolute Gasteiger partial charge is 0.476 e. The van der Waals surface area contributed by atoms with Crippen LogP contribution in [0.3, 0.4) is 0 Å². The SMILES string of the molecule is CCCOc1nc(NC(C)C(=O)NC2CC2)ccc1N. The number of ether oxygens (including phenoxy) is 1. The fraction of sp³-hybridized carbons (Fsp3) is 0.571. The summed E-state index contributed by atoms with van der Waals surface area (Å²) >= 11 is 0. The number of carbonyl (C=O) groups is 1. The molecule has 4 N–H and O–H groups in total. The Morgan fingerprint density at radius 3 is 2.95 bits per heavy atom. The molecule has 110 valence electrons. The molecule has 1 unspecified atom stereocenters. The van der Waals surface area contributed by atoms with Gasteiger partial charge in [-0.1, -0.05) is 6.92 Å². The molecule has 6 heteroatoms. The lowest BCUT2D eigenvalue weighted by molar-refractivity contribution is -0.121. The molecular weight excluding hydrogens is 256 g/mol. The number of rotatable bonds is 7. The van der Waals surface area contributed by atoms with Crippen molar-refractivity contribution in [2.75, 3.05) is 17.7 Å². The highest BCUT2D eigenvalue weighted by molar-refractivity contribution is 5.84. The Hall–Kier alpha value is -1.98. The molecule has 1 aromatic rings. The molecule has 0 spiro atoms. The summed E-state index contributed by atoms with van der Waals surface area (Å²) in [7, 11) is 0. The van der Waals surface area contributed by atoms with Crippen LogP contribution < -0.4 is 21.1 Å². The second-order valence-electron chi connectivity index (χ2n) is 5.09. The van der Waals surface area contributed by atoms with Gasteiger partial charge in [0.1, 0.15) is 11.9 Å². The average Bonchev–Trinajstić information content (AvgIpc) is 3.23. The molecule has 1 amide bonds. The summed E-state index contributed by atoms with van der Waals surface area (Å²) in [6.45, 7) is 4.39. The Balaban J connectivity index is 1.95. The third-order valence-electron chi connectivity index (χ3n) is 3.01. The van der Waals surface area contributed by atoms with E-state index >= 15 is 0 Å². The normalized spacial score (nSPS) is 15.5. The zero-order valence-corrected chi connectivity index (χ0v) is 12.0. The predicted octanol–water partition coefficient (Wildman–Crippen LogP) is 1.53. The van der Waals surface area contributed by atoms with Crippen molar-refractivity contribution >= 4 is 17.4 Å². The maximum Gasteiger partial charge on any atom is 0.242 e. The van der Waals surface area contributed by atoms with Crippen LogP contribution in [0.25, 0.3) is 0 Å². The predicted molar refractivity (Wildman–Crippen MR) is 78.7 cm³/mol. The number of amides is 1. The minimum absolute atomic E-state index is 0.0119. The minimum atomic E-state index is -0.342. The molecule has 1 aliphatic rings. The molecule has 1 aliphatic carbocycles. The van der Waals surface area contributed by atoms with Crippen LogP contribution in [-0.4, -0.2) is 29.6 Å². The molecule has 0 bridgehead atoms. The van der Waals surface area contributed by atoms with Gasteiger partial charge in [0.15, 0.2) is 0 Å². The molecule has 1 atom stereocenters. The van der Waals surface area contributed by atoms with Crippen LogP contribution in [0.4, 0.5) is 11.5 Å². The number of anilines is 2. The third kappa shape index (κ3) is 4.01. The van der Waals surface area contributed by atoms with Gasteiger partial charge in [-0.25, -0.2) is 0 Å². The van der Waals surface area contributed by atoms with Crippen LogP contribution in [0.1, 0.15) is 33.1 Å². The van der Waals surface area contributed by atoms with E-state index < -0.39 is 0 Å². The number of nitrogens with zero attached hydrogens (tertiary/aromatic N) is 1. The second-order valence-corrected chi connectivity index (χ2v) is 5.09. The van der Waals surface area contributed by atoms with Gasteiger partial charge in [0.05, 0.1) is 12.3 Å². The van der Waals surface area contributed by atoms with Gasteiger partial charge >= 0.3 is 0 Å². The topological polar surface area (TPSA) is 89.3 Å². The summed E-state index contributed by atoms with van der Waals surface area (Å²) < 4.78 is 5.47. The summed E-state index contributed by atoms with van der Waals surface area (Å²) in [6.07, 6.45) is 3.04. The first-order chi connectivity index (χ1) is 9.60. The van der Waals surface area contributed by atoms with E-state index in [4.69, 9.17) is 10.5 Å². The van der Waals surface area contributed by atoms with Crippen molar-refractivity contribution in [3.63, 3.8) is 0 Å². The Labute approximate surface area is 119 Å². The minimum Gasteiger partial charge on any atom is -0.476 e. The Morgan fingerprint density at radius 2 is 2.30 bits per heavy atom. The Bertz CT molecular complexity index is 474. The smallest absolute Gasteiger partial charge is 0.242 e. The fourth-order valence-corrected chi connectivity index (χ4v) is 1.69. The molecule has 2 rings (SSSR count). The van der Waals surface area contributed by atoms with Gasteiger partial charge in [0, 0.05) is 6.04 Å². The first kappa shape index (κ1) is 14.4. The number of nitrogen functional groups attached to an aromatic ring is 1. The zero-order valence-electron chi connectivity index (χ0n) is 12.0. The molecule has 0 aromatic carbocycles. The molecule has 0 aliphatic heterocycles. The molecule has 0 radical (unpaired) electrons. The summed E-state index contributed by atoms with van der Waals surface area (Å²) in [4.78, 5) is 16.2. The van der Waals surface area contributed by atoms with Crippen LogP contribution in [0, 0.1) is 0 Å². The summed E-state index contributed by atoms with van der Waals surface area (Å²) in [5, 5.41) is 6.01. The zero-order chi connectivity index (χ0) is 14.5. The quantitative estimate of drug-likeness (QED) is 0.704. The van der Waals surface area contributed by atoms with Gasteiger partial charge in [-0.3, -0.25) is 4.79 Å². The van der Waals surface area contributed by atoms with Crippen molar-refractivity contribution < 1.29 is 9.53 Å². The van der Waals surface area contributed by atoms with Crippen LogP contribution in [-0.2, 0) is 4.79 Å². The van der Waals surface area contributed by atoms with E-state index in [-0.39, 0.29) is 11.9 Å². The number of nitrogens with two attached hydrogens (primary N) is 1. The molecule has 1 saturated carbocycles. The Morgan fingerprint density at radius 1 is 1.55 bits per heavy atom. The maximum atomic E-state index is 11.9. The van der Waals surface area contributed by atoms with E-state index in [9.17, 15) is 4.79 Å². The van der Waals surface area contributed by atoms with Gasteiger partial charge in [-0.05, 0) is 38.3 Å². The molecule has 1 heterocycles. The van der Waals surface area contributed by atoms with Crippen molar-refractivity contribution in [3.8, 4) is 5.88 Å². The molecule has 6 nitrogen and oxygen atoms in total. The van der Waals surface area contributed by atoms with Crippen molar-refractivity contribution in [1.82, 2.24) is 10.3 Å². The van der Waals surface area contributed by atoms with E-state index in [1.807, 2.05) is 13.8 Å². The molecule has 0 saturated heterocycles. The highest BCUT2D eigenvalue weighted by atomic mass is 16.5. The number of hydrogen-bond acceptors (Lipinski definition) is 5. The van der Waals surface area contributed by atoms with Gasteiger partial charge in [0.2, 0.25) is 11.8 Å². The molecule has 1 aromatic heterocycles. The van der Waals surface area contributed by atoms with Crippen molar-refractivity contribution in [3.05, 3.63) is 12.1 Å². The number of pyridine rings is 1. The summed E-state index contributed by atoms with van der Waals surface area (Å²) in [6, 6.07) is 3.49. The lowest BCUT2D eigenvalue weighted by Crippen LogP contribution is -2.38. The van der Waals surface area contributed by atoms with E-state index in [0.717, 1.165) is 19.3 Å². The third-order valence-corrected chi connectivity index (χ3v) is 3.01. The van der Waals surface area contributed by atoms with Gasteiger partial charge in [-0.2, -0.15) is 4.98 Å². The highest BCUT2D eigenvalue weighted by Crippen LogP contribution is 2.22. The van der Waals surface area contributed by atoms with E-state index in [1.54, 1.807) is 12.1 Å². The van der Waals surface area contributed by atoms with Crippen LogP contribution >= 0.6 is 0 Å². The first-order valence-electron chi connectivity index (χ1n) is 7.06. The van der Waals surface area contributed by atoms with Crippen LogP contribution in [0.5, 0.6) is 5.88 Å². The monoisotopic (exact) mass is 278 g/mol. The van der Waals surface area contributed by atoms with Crippen molar-refractivity contribution in [2.24, 2.45) is 0 Å². The average molecular weight is 278 g/mol. The maximum absolute atomic E-state index is 11.9. The summed E-state index contributed by atoms with van der Waals surface area (Å²) in [5.74, 6) is 0.984. The molecule has 20 heavy (non-hydrogen) atoms. The highest BCUT2D eigenvalue weighted by Gasteiger charge is 2.25. The van der Waals surface area contributed by atoms with Crippen LogP contribution in [0.15, 0.2) is 12.1 Å². The first-order valence-corrected chi connectivity index (χ1v) is 7.06. The lowest BCUT2D eigenvalue weighted by atomic mass is 10.3. The van der Waals surface area contributed by atoms with E-state index in [0.29, 0.717) is 30.0 Å². The second kappa shape index (κ2) is 6.45. The number of hydrogen-bond donors (Lipinski definition) is 3. The van der Waals surface area contributed by atoms with E-state index in [2.05, 4.69) is 15.6 Å². The van der Waals surface area contributed by atoms with Gasteiger partial charge in [-0.15, -0.1) is 0 Å². The van der Waals surface area contributed by atoms with Gasteiger partial charge in [0.25, 0.3) is 0 Å². The molecule has 1 fully saturated rings. The van der Waals surface area contributed by atoms with Crippen molar-refractivity contribution in [1.29, 1.82) is 0 Å². The standard InChI is InChI=1S/C14H22N4O2/c1-3-8-20-14-11(15)6-7-12(18-14)16-9(2)13(19)17-10-4-5-10/h6-7,9-10H,3-5,8,15H2,1-2H3,(H,16,18)(H,17,19). The Kier molecular flexibility index (Phi) is 4.65. The lowest BCUT2D eigenvalue weighted by Gasteiger charge is -2.15. The molecular formula is C14H22N4O2. The summed E-state index contributed by atoms with van der Waals surface area (Å²) in [5.41, 5.74) is 6.30. The number of nitrogens with one attached hydrogen (secondary N) is 2. The van der Waals surface area contributed by atoms with Gasteiger partial charge < -0.3 is 21.1 Å². The number of aromatic nitrogens is 1. The number of carbonyl (C=O) groups excluding carboxylic acids is 1. The van der Waals surface area contributed by atoms with Crippen molar-refractivity contribution in [2.45, 2.75) is 45.2 Å². The van der Waals surface area contributed by atoms with Crippen LogP contribution in [0.2, 0.25) is 0 Å². The van der Waals surface area contributed by atoms with E-state index in [1.165, 1.54) is 0 Å². The fourth-order valence-electron chi connectivity index (χ4n) is 1.69.